The third-order valence-corrected chi connectivity index (χ3v) is 2.56. The Hall–Kier alpha value is -0.870. The number of nitrogens with one attached hydrogen (secondary N) is 1. The molecular formula is C11H15BrN2O. The first-order chi connectivity index (χ1) is 6.75. The maximum Gasteiger partial charge on any atom is 0.217 e. The van der Waals surface area contributed by atoms with Gasteiger partial charge >= 0.3 is 0 Å². The van der Waals surface area contributed by atoms with Crippen molar-refractivity contribution in [2.75, 3.05) is 0 Å². The number of halogens is 1. The van der Waals surface area contributed by atoms with Crippen LogP contribution in [0.1, 0.15) is 23.1 Å². The number of aryl methyl sites for hydroxylation is 1. The van der Waals surface area contributed by atoms with E-state index in [1.807, 2.05) is 0 Å². The van der Waals surface area contributed by atoms with E-state index in [1.165, 1.54) is 16.7 Å². The summed E-state index contributed by atoms with van der Waals surface area (Å²) >= 11 is 0. The van der Waals surface area contributed by atoms with E-state index in [9.17, 15) is 4.79 Å². The van der Waals surface area contributed by atoms with Crippen molar-refractivity contribution in [1.29, 1.82) is 0 Å². The van der Waals surface area contributed by atoms with Crippen LogP contribution in [0.5, 0.6) is 0 Å². The van der Waals surface area contributed by atoms with Crippen LogP contribution in [0.4, 0.5) is 0 Å². The Kier molecular flexibility index (Phi) is 4.29. The number of carbonyl (C=O) groups excluding carboxylic acids is 1. The lowest BCUT2D eigenvalue weighted by Crippen LogP contribution is -2.11. The number of nitrogens with two attached hydrogens (primary N) is 1. The number of primary amides is 1. The molecule has 1 aromatic carbocycles. The predicted octanol–water partition coefficient (Wildman–Crippen LogP) is 1.29. The molecule has 0 aromatic heterocycles. The van der Waals surface area contributed by atoms with Gasteiger partial charge in [-0.3, -0.25) is 4.79 Å². The summed E-state index contributed by atoms with van der Waals surface area (Å²) in [6.07, 6.45) is 1.19. The molecule has 3 nitrogen and oxygen atoms in total. The molecule has 0 saturated heterocycles. The summed E-state index contributed by atoms with van der Waals surface area (Å²) in [7, 11) is 0. The highest BCUT2D eigenvalue weighted by Crippen LogP contribution is 2.17. The molecule has 1 aliphatic heterocycles. The minimum atomic E-state index is -0.233. The van der Waals surface area contributed by atoms with Crippen LogP contribution in [-0.2, 0) is 24.3 Å². The van der Waals surface area contributed by atoms with Crippen molar-refractivity contribution in [3.63, 3.8) is 0 Å². The zero-order valence-corrected chi connectivity index (χ0v) is 10.2. The Morgan fingerprint density at radius 2 is 2.07 bits per heavy atom. The van der Waals surface area contributed by atoms with E-state index in [-0.39, 0.29) is 22.9 Å². The zero-order chi connectivity index (χ0) is 9.97. The van der Waals surface area contributed by atoms with Crippen molar-refractivity contribution >= 4 is 22.9 Å². The molecule has 4 heteroatoms. The average molecular weight is 271 g/mol. The number of carbonyl (C=O) groups is 1. The third-order valence-electron chi connectivity index (χ3n) is 2.56. The quantitative estimate of drug-likeness (QED) is 0.870. The maximum absolute atomic E-state index is 10.6. The summed E-state index contributed by atoms with van der Waals surface area (Å²) in [5.41, 5.74) is 9.02. The SMILES string of the molecule is Br.NC(=O)CCc1ccc2c(c1)CNC2. The standard InChI is InChI=1S/C11H14N2O.BrH/c12-11(14)4-2-8-1-3-9-6-13-7-10(9)5-8;/h1,3,5,13H,2,4,6-7H2,(H2,12,14);1H. The Morgan fingerprint density at radius 1 is 1.33 bits per heavy atom. The lowest BCUT2D eigenvalue weighted by Gasteiger charge is -2.02. The Bertz CT molecular complexity index is 366. The van der Waals surface area contributed by atoms with Crippen LogP contribution in [0.3, 0.4) is 0 Å². The third kappa shape index (κ3) is 3.04. The molecule has 1 aromatic rings. The van der Waals surface area contributed by atoms with Gasteiger partial charge < -0.3 is 11.1 Å². The van der Waals surface area contributed by atoms with Crippen molar-refractivity contribution in [1.82, 2.24) is 5.32 Å². The highest BCUT2D eigenvalue weighted by molar-refractivity contribution is 8.93. The van der Waals surface area contributed by atoms with Gasteiger partial charge in [-0.15, -0.1) is 17.0 Å². The molecule has 0 bridgehead atoms. The molecule has 0 saturated carbocycles. The molecule has 1 heterocycles. The van der Waals surface area contributed by atoms with Gasteiger partial charge in [0.1, 0.15) is 0 Å². The fraction of sp³-hybridized carbons (Fsp3) is 0.364. The van der Waals surface area contributed by atoms with Gasteiger partial charge in [0.2, 0.25) is 5.91 Å². The highest BCUT2D eigenvalue weighted by atomic mass is 79.9. The van der Waals surface area contributed by atoms with Crippen molar-refractivity contribution < 1.29 is 4.79 Å². The fourth-order valence-corrected chi connectivity index (χ4v) is 1.77. The van der Waals surface area contributed by atoms with Gasteiger partial charge in [0.25, 0.3) is 0 Å². The van der Waals surface area contributed by atoms with Gasteiger partial charge in [0.15, 0.2) is 0 Å². The smallest absolute Gasteiger partial charge is 0.217 e. The minimum Gasteiger partial charge on any atom is -0.370 e. The summed E-state index contributed by atoms with van der Waals surface area (Å²) in [6, 6.07) is 6.37. The molecule has 0 fully saturated rings. The van der Waals surface area contributed by atoms with Crippen LogP contribution < -0.4 is 11.1 Å². The largest absolute Gasteiger partial charge is 0.370 e. The van der Waals surface area contributed by atoms with E-state index >= 15 is 0 Å². The van der Waals surface area contributed by atoms with Crippen LogP contribution in [0.2, 0.25) is 0 Å². The van der Waals surface area contributed by atoms with Gasteiger partial charge in [-0.1, -0.05) is 18.2 Å². The molecule has 82 valence electrons. The second-order valence-corrected chi connectivity index (χ2v) is 3.67. The van der Waals surface area contributed by atoms with Gasteiger partial charge in [-0.05, 0) is 23.1 Å². The second kappa shape index (κ2) is 5.28. The zero-order valence-electron chi connectivity index (χ0n) is 8.45. The fourth-order valence-electron chi connectivity index (χ4n) is 1.77. The molecular weight excluding hydrogens is 256 g/mol. The molecule has 0 unspecified atom stereocenters. The second-order valence-electron chi connectivity index (χ2n) is 3.67. The normalized spacial score (nSPS) is 13.1. The first kappa shape index (κ1) is 12.2. The molecule has 2 rings (SSSR count). The molecule has 0 atom stereocenters. The van der Waals surface area contributed by atoms with Crippen LogP contribution in [0.15, 0.2) is 18.2 Å². The molecule has 0 radical (unpaired) electrons. The highest BCUT2D eigenvalue weighted by Gasteiger charge is 2.09. The van der Waals surface area contributed by atoms with Crippen LogP contribution in [0.25, 0.3) is 0 Å². The first-order valence-electron chi connectivity index (χ1n) is 4.85. The van der Waals surface area contributed by atoms with Crippen LogP contribution in [-0.4, -0.2) is 5.91 Å². The molecule has 3 N–H and O–H groups in total. The summed E-state index contributed by atoms with van der Waals surface area (Å²) in [5, 5.41) is 3.29. The lowest BCUT2D eigenvalue weighted by atomic mass is 10.0. The molecule has 1 aliphatic rings. The van der Waals surface area contributed by atoms with E-state index in [0.717, 1.165) is 19.5 Å². The van der Waals surface area contributed by atoms with Gasteiger partial charge in [0, 0.05) is 19.5 Å². The van der Waals surface area contributed by atoms with Crippen LogP contribution in [0, 0.1) is 0 Å². The van der Waals surface area contributed by atoms with Crippen molar-refractivity contribution in [2.45, 2.75) is 25.9 Å². The van der Waals surface area contributed by atoms with Gasteiger partial charge in [-0.2, -0.15) is 0 Å². The number of hydrogen-bond donors (Lipinski definition) is 2. The van der Waals surface area contributed by atoms with E-state index in [4.69, 9.17) is 5.73 Å². The van der Waals surface area contributed by atoms with Gasteiger partial charge in [0.05, 0.1) is 0 Å². The molecule has 15 heavy (non-hydrogen) atoms. The molecule has 1 amide bonds. The number of benzene rings is 1. The average Bonchev–Trinajstić information content (AvgIpc) is 2.61. The predicted molar refractivity (Wildman–Crippen MR) is 64.8 cm³/mol. The maximum atomic E-state index is 10.6. The monoisotopic (exact) mass is 270 g/mol. The van der Waals surface area contributed by atoms with Crippen LogP contribution >= 0.6 is 17.0 Å². The van der Waals surface area contributed by atoms with Crippen molar-refractivity contribution in [2.24, 2.45) is 5.73 Å². The minimum absolute atomic E-state index is 0. The number of fused-ring (bicyclic) bond motifs is 1. The Labute approximate surface area is 99.8 Å². The van der Waals surface area contributed by atoms with E-state index in [2.05, 4.69) is 23.5 Å². The number of amides is 1. The number of rotatable bonds is 3. The molecule has 0 spiro atoms. The first-order valence-corrected chi connectivity index (χ1v) is 4.85. The lowest BCUT2D eigenvalue weighted by molar-refractivity contribution is -0.117. The Balaban J connectivity index is 0.00000112. The topological polar surface area (TPSA) is 55.1 Å². The summed E-state index contributed by atoms with van der Waals surface area (Å²) in [6.45, 7) is 1.91. The van der Waals surface area contributed by atoms with E-state index in [1.54, 1.807) is 0 Å². The van der Waals surface area contributed by atoms with E-state index in [0.29, 0.717) is 6.42 Å². The Morgan fingerprint density at radius 3 is 2.80 bits per heavy atom. The summed E-state index contributed by atoms with van der Waals surface area (Å²) < 4.78 is 0. The van der Waals surface area contributed by atoms with Gasteiger partial charge in [-0.25, -0.2) is 0 Å². The number of hydrogen-bond acceptors (Lipinski definition) is 2. The van der Waals surface area contributed by atoms with E-state index < -0.39 is 0 Å². The summed E-state index contributed by atoms with van der Waals surface area (Å²) in [5.74, 6) is -0.233. The summed E-state index contributed by atoms with van der Waals surface area (Å²) in [4.78, 5) is 10.6. The molecule has 0 aliphatic carbocycles. The van der Waals surface area contributed by atoms with Crippen molar-refractivity contribution in [3.05, 3.63) is 34.9 Å². The van der Waals surface area contributed by atoms with Crippen molar-refractivity contribution in [3.8, 4) is 0 Å².